The summed E-state index contributed by atoms with van der Waals surface area (Å²) in [5, 5.41) is 21.7. The highest BCUT2D eigenvalue weighted by Gasteiger charge is 2.45. The van der Waals surface area contributed by atoms with Gasteiger partial charge >= 0.3 is 5.69 Å². The molecule has 1 aromatic rings. The maximum atomic E-state index is 13.4. The molecule has 0 aromatic carbocycles. The number of nitrogens with zero attached hydrogens (tertiary/aromatic N) is 2. The summed E-state index contributed by atoms with van der Waals surface area (Å²) >= 11 is 0. The van der Waals surface area contributed by atoms with Gasteiger partial charge in [0, 0.05) is 0 Å². The molecule has 0 bridgehead atoms. The molecule has 3 N–H and O–H groups in total. The molecule has 1 fully saturated rings. The van der Waals surface area contributed by atoms with E-state index in [1.807, 2.05) is 4.98 Å². The average Bonchev–Trinajstić information content (AvgIpc) is 2.57. The topological polar surface area (TPSA) is 117 Å². The van der Waals surface area contributed by atoms with Crippen molar-refractivity contribution in [3.05, 3.63) is 27.0 Å². The van der Waals surface area contributed by atoms with Crippen molar-refractivity contribution in [3.63, 3.8) is 0 Å². The minimum Gasteiger partial charge on any atom is -0.394 e. The number of rotatable bonds is 2. The third kappa shape index (κ3) is 1.99. The normalized spacial score (nSPS) is 32.9. The number of ether oxygens (including phenoxy) is 1. The Balaban J connectivity index is 2.35. The molecular weight excluding hydrogens is 237 g/mol. The number of aliphatic hydroxyl groups is 2. The monoisotopic (exact) mass is 247 g/mol. The summed E-state index contributed by atoms with van der Waals surface area (Å²) in [5.74, 6) is 0. The van der Waals surface area contributed by atoms with Gasteiger partial charge in [-0.3, -0.25) is 9.78 Å². The zero-order valence-electron chi connectivity index (χ0n) is 8.49. The van der Waals surface area contributed by atoms with Crippen LogP contribution in [0.2, 0.25) is 0 Å². The second kappa shape index (κ2) is 4.35. The lowest BCUT2D eigenvalue weighted by Crippen LogP contribution is -2.38. The van der Waals surface area contributed by atoms with E-state index in [1.54, 1.807) is 0 Å². The van der Waals surface area contributed by atoms with E-state index in [2.05, 4.69) is 5.10 Å². The number of H-pyrrole nitrogens is 1. The number of aromatic amines is 1. The Morgan fingerprint density at radius 1 is 1.59 bits per heavy atom. The highest BCUT2D eigenvalue weighted by molar-refractivity contribution is 4.89. The maximum Gasteiger partial charge on any atom is 0.347 e. The van der Waals surface area contributed by atoms with Crippen LogP contribution in [0.1, 0.15) is 6.23 Å². The van der Waals surface area contributed by atoms with Crippen LogP contribution in [0.5, 0.6) is 0 Å². The number of nitrogens with one attached hydrogen (secondary N) is 1. The molecule has 94 valence electrons. The van der Waals surface area contributed by atoms with Gasteiger partial charge in [0.15, 0.2) is 12.4 Å². The molecule has 0 spiro atoms. The molecule has 2 unspecified atom stereocenters. The van der Waals surface area contributed by atoms with Gasteiger partial charge in [-0.1, -0.05) is 0 Å². The Labute approximate surface area is 93.3 Å². The van der Waals surface area contributed by atoms with E-state index in [9.17, 15) is 19.1 Å². The van der Waals surface area contributed by atoms with Crippen molar-refractivity contribution >= 4 is 0 Å². The van der Waals surface area contributed by atoms with Gasteiger partial charge in [0.2, 0.25) is 0 Å². The molecule has 8 nitrogen and oxygen atoms in total. The summed E-state index contributed by atoms with van der Waals surface area (Å²) in [4.78, 5) is 24.0. The van der Waals surface area contributed by atoms with Crippen molar-refractivity contribution in [2.24, 2.45) is 0 Å². The van der Waals surface area contributed by atoms with Gasteiger partial charge in [0.05, 0.1) is 6.61 Å². The molecule has 1 saturated heterocycles. The highest BCUT2D eigenvalue weighted by Crippen LogP contribution is 2.29. The molecule has 0 amide bonds. The van der Waals surface area contributed by atoms with Crippen molar-refractivity contribution in [3.8, 4) is 0 Å². The number of aliphatic hydroxyl groups excluding tert-OH is 2. The van der Waals surface area contributed by atoms with Crippen LogP contribution < -0.4 is 11.2 Å². The number of hydrogen-bond acceptors (Lipinski definition) is 6. The van der Waals surface area contributed by atoms with Gasteiger partial charge < -0.3 is 14.9 Å². The van der Waals surface area contributed by atoms with E-state index in [1.165, 1.54) is 0 Å². The Kier molecular flexibility index (Phi) is 3.05. The van der Waals surface area contributed by atoms with Crippen molar-refractivity contribution < 1.29 is 19.3 Å². The van der Waals surface area contributed by atoms with Gasteiger partial charge in [-0.05, 0) is 0 Å². The molecule has 0 radical (unpaired) electrons. The fourth-order valence-electron chi connectivity index (χ4n) is 1.60. The zero-order chi connectivity index (χ0) is 12.6. The lowest BCUT2D eigenvalue weighted by atomic mass is 10.1. The fraction of sp³-hybridized carbons (Fsp3) is 0.625. The van der Waals surface area contributed by atoms with E-state index < -0.39 is 42.5 Å². The Morgan fingerprint density at radius 2 is 2.29 bits per heavy atom. The minimum absolute atomic E-state index is 0.619. The van der Waals surface area contributed by atoms with Gasteiger partial charge in [0.1, 0.15) is 18.4 Å². The Bertz CT molecular complexity index is 514. The number of halogens is 1. The van der Waals surface area contributed by atoms with Crippen LogP contribution in [-0.2, 0) is 4.74 Å². The predicted molar refractivity (Wildman–Crippen MR) is 51.0 cm³/mol. The predicted octanol–water partition coefficient (Wildman–Crippen LogP) is -2.48. The van der Waals surface area contributed by atoms with Crippen LogP contribution in [0.15, 0.2) is 15.8 Å². The number of aromatic nitrogens is 3. The van der Waals surface area contributed by atoms with Crippen LogP contribution in [0.3, 0.4) is 0 Å². The summed E-state index contributed by atoms with van der Waals surface area (Å²) < 4.78 is 18.9. The molecular formula is C8H10FN3O5. The number of hydrogen-bond donors (Lipinski definition) is 3. The largest absolute Gasteiger partial charge is 0.394 e. The molecule has 1 aliphatic heterocycles. The summed E-state index contributed by atoms with van der Waals surface area (Å²) in [5.41, 5.74) is -1.64. The third-order valence-corrected chi connectivity index (χ3v) is 2.45. The highest BCUT2D eigenvalue weighted by atomic mass is 19.1. The second-order valence-corrected chi connectivity index (χ2v) is 3.57. The molecule has 1 aliphatic rings. The van der Waals surface area contributed by atoms with Gasteiger partial charge in [-0.2, -0.15) is 9.78 Å². The second-order valence-electron chi connectivity index (χ2n) is 3.57. The van der Waals surface area contributed by atoms with Crippen molar-refractivity contribution in [1.29, 1.82) is 0 Å². The molecule has 17 heavy (non-hydrogen) atoms. The third-order valence-electron chi connectivity index (χ3n) is 2.45. The van der Waals surface area contributed by atoms with E-state index in [0.717, 1.165) is 6.20 Å². The molecule has 1 aromatic heterocycles. The Morgan fingerprint density at radius 3 is 2.82 bits per heavy atom. The minimum atomic E-state index is -1.83. The fourth-order valence-corrected chi connectivity index (χ4v) is 1.60. The van der Waals surface area contributed by atoms with Crippen LogP contribution in [0.4, 0.5) is 4.39 Å². The van der Waals surface area contributed by atoms with Gasteiger partial charge in [-0.25, -0.2) is 9.18 Å². The number of alkyl halides is 1. The van der Waals surface area contributed by atoms with Crippen LogP contribution in [0.25, 0.3) is 0 Å². The van der Waals surface area contributed by atoms with Crippen molar-refractivity contribution in [1.82, 2.24) is 14.8 Å². The summed E-state index contributed by atoms with van der Waals surface area (Å²) in [6.07, 6.45) is -5.26. The first-order valence-corrected chi connectivity index (χ1v) is 4.81. The first-order chi connectivity index (χ1) is 8.04. The first kappa shape index (κ1) is 11.9. The lowest BCUT2D eigenvalue weighted by Gasteiger charge is -2.14. The van der Waals surface area contributed by atoms with E-state index in [0.29, 0.717) is 4.68 Å². The quantitative estimate of drug-likeness (QED) is 0.532. The SMILES string of the molecule is O=c1cnn([C@H]2O[C@@H](CO)C(F)C2O)c(=O)[nH]1. The van der Waals surface area contributed by atoms with Crippen LogP contribution in [-0.4, -0.2) is 50.0 Å². The van der Waals surface area contributed by atoms with Crippen LogP contribution in [0, 0.1) is 0 Å². The van der Waals surface area contributed by atoms with Crippen molar-refractivity contribution in [2.75, 3.05) is 6.61 Å². The lowest BCUT2D eigenvalue weighted by molar-refractivity contribution is -0.0609. The molecule has 9 heteroatoms. The van der Waals surface area contributed by atoms with E-state index in [-0.39, 0.29) is 0 Å². The van der Waals surface area contributed by atoms with E-state index >= 15 is 0 Å². The van der Waals surface area contributed by atoms with Crippen molar-refractivity contribution in [2.45, 2.75) is 24.6 Å². The Hall–Kier alpha value is -1.58. The first-order valence-electron chi connectivity index (χ1n) is 4.81. The summed E-state index contributed by atoms with van der Waals surface area (Å²) in [6.45, 7) is -0.632. The maximum absolute atomic E-state index is 13.4. The molecule has 0 saturated carbocycles. The standard InChI is InChI=1S/C8H10FN3O5/c9-5-3(2-13)17-7(6(5)15)12-8(16)11-4(14)1-10-12/h1,3,5-7,13,15H,2H2,(H,11,14,16)/t3-,5?,6?,7-/m0/s1. The van der Waals surface area contributed by atoms with Gasteiger partial charge in [0.25, 0.3) is 5.56 Å². The van der Waals surface area contributed by atoms with E-state index in [4.69, 9.17) is 9.84 Å². The molecule has 0 aliphatic carbocycles. The zero-order valence-corrected chi connectivity index (χ0v) is 8.49. The summed E-state index contributed by atoms with van der Waals surface area (Å²) in [6, 6.07) is 0. The molecule has 2 rings (SSSR count). The average molecular weight is 247 g/mol. The summed E-state index contributed by atoms with van der Waals surface area (Å²) in [7, 11) is 0. The molecule has 2 heterocycles. The molecule has 4 atom stereocenters. The van der Waals surface area contributed by atoms with Gasteiger partial charge in [-0.15, -0.1) is 0 Å². The smallest absolute Gasteiger partial charge is 0.347 e. The van der Waals surface area contributed by atoms with Crippen LogP contribution >= 0.6 is 0 Å².